The number of aromatic nitrogens is 1. The van der Waals surface area contributed by atoms with E-state index in [1.165, 1.54) is 0 Å². The molecule has 0 aliphatic carbocycles. The summed E-state index contributed by atoms with van der Waals surface area (Å²) in [5, 5.41) is 0. The molecular formula is C10H15I3N5V. The first-order valence-corrected chi connectivity index (χ1v) is 18.6. The number of aliphatic imine (C=N–C) groups is 1. The van der Waals surface area contributed by atoms with Crippen molar-refractivity contribution in [1.29, 1.82) is 0 Å². The van der Waals surface area contributed by atoms with Gasteiger partial charge in [0.1, 0.15) is 5.82 Å². The Bertz CT molecular complexity index is 448. The van der Waals surface area contributed by atoms with Crippen molar-refractivity contribution in [3.8, 4) is 0 Å². The van der Waals surface area contributed by atoms with Gasteiger partial charge in [-0.25, -0.2) is 9.84 Å². The van der Waals surface area contributed by atoms with Crippen LogP contribution in [-0.4, -0.2) is 44.4 Å². The number of hydrogen-bond donors (Lipinski definition) is 1. The molecule has 0 fully saturated rings. The Hall–Kier alpha value is 0.814. The molecule has 1 aromatic rings. The Kier molecular flexibility index (Phi) is 11.0. The van der Waals surface area contributed by atoms with Gasteiger partial charge in [-0.05, 0) is 0 Å². The van der Waals surface area contributed by atoms with Gasteiger partial charge in [0.05, 0.1) is 18.6 Å². The minimum atomic E-state index is -0.278. The van der Waals surface area contributed by atoms with Gasteiger partial charge >= 0.3 is 64.9 Å². The van der Waals surface area contributed by atoms with E-state index < -0.39 is 0 Å². The number of H-pyrrole nitrogens is 1. The van der Waals surface area contributed by atoms with Crippen LogP contribution >= 0.6 is 59.9 Å². The molecule has 0 unspecified atom stereocenters. The zero-order chi connectivity index (χ0) is 15.0. The third-order valence-electron chi connectivity index (χ3n) is 1.82. The first kappa shape index (κ1) is 19.8. The molecule has 0 saturated carbocycles. The van der Waals surface area contributed by atoms with Crippen LogP contribution in [0.3, 0.4) is 0 Å². The first-order valence-electron chi connectivity index (χ1n) is 5.03. The molecule has 1 N–H and O–H groups in total. The number of halogens is 3. The molecule has 9 heteroatoms. The van der Waals surface area contributed by atoms with Gasteiger partial charge in [-0.3, -0.25) is 0 Å². The zero-order valence-corrected chi connectivity index (χ0v) is 18.9. The van der Waals surface area contributed by atoms with Crippen LogP contribution in [0.15, 0.2) is 11.2 Å². The van der Waals surface area contributed by atoms with Crippen molar-refractivity contribution in [2.45, 2.75) is 0 Å². The summed E-state index contributed by atoms with van der Waals surface area (Å²) >= 11 is 7.39. The van der Waals surface area contributed by atoms with Gasteiger partial charge in [0.2, 0.25) is 0 Å². The van der Waals surface area contributed by atoms with Gasteiger partial charge in [-0.1, -0.05) is 0 Å². The molecule has 1 rings (SSSR count). The van der Waals surface area contributed by atoms with Crippen molar-refractivity contribution in [3.05, 3.63) is 17.6 Å². The van der Waals surface area contributed by atoms with Crippen molar-refractivity contribution >= 4 is 83.5 Å². The van der Waals surface area contributed by atoms with Crippen molar-refractivity contribution < 1.29 is 4.92 Å². The predicted octanol–water partition coefficient (Wildman–Crippen LogP) is 4.51. The summed E-state index contributed by atoms with van der Waals surface area (Å²) in [6, 6.07) is 0. The van der Waals surface area contributed by atoms with Gasteiger partial charge in [0, 0.05) is 34.4 Å². The predicted molar refractivity (Wildman–Crippen MR) is 105 cm³/mol. The molecule has 1 heterocycles. The Labute approximate surface area is 152 Å². The van der Waals surface area contributed by atoms with Crippen LogP contribution in [0.4, 0.5) is 17.2 Å². The Morgan fingerprint density at radius 3 is 2.21 bits per heavy atom. The first-order chi connectivity index (χ1) is 8.79. The van der Waals surface area contributed by atoms with E-state index in [0.717, 1.165) is 5.69 Å². The summed E-state index contributed by atoms with van der Waals surface area (Å²) in [4.78, 5) is 14.1. The quantitative estimate of drug-likeness (QED) is 0.230. The van der Waals surface area contributed by atoms with Gasteiger partial charge in [-0.15, -0.1) is 0 Å². The van der Waals surface area contributed by atoms with E-state index in [0.29, 0.717) is 11.5 Å². The van der Waals surface area contributed by atoms with E-state index in [2.05, 4.69) is 74.8 Å². The van der Waals surface area contributed by atoms with Crippen LogP contribution < -0.4 is 4.90 Å². The maximum absolute atomic E-state index is 7.11. The average Bonchev–Trinajstić information content (AvgIpc) is 2.68. The molecule has 0 amide bonds. The van der Waals surface area contributed by atoms with Crippen LogP contribution in [0.1, 0.15) is 0 Å². The summed E-state index contributed by atoms with van der Waals surface area (Å²) in [5.41, 5.74) is 1.41. The molecule has 0 spiro atoms. The number of nitrogens with zero attached hydrogens (tertiary/aromatic N) is 4. The molecule has 0 aromatic carbocycles. The van der Waals surface area contributed by atoms with E-state index in [1.807, 2.05) is 38.0 Å². The molecule has 19 heavy (non-hydrogen) atoms. The molecule has 106 valence electrons. The van der Waals surface area contributed by atoms with E-state index >= 15 is 0 Å². The molecule has 1 aromatic heterocycles. The second-order valence-corrected chi connectivity index (χ2v) is 39.1. The number of nitrogens with one attached hydrogen (secondary N) is 1. The third kappa shape index (κ3) is 8.64. The number of hydrogen-bond acceptors (Lipinski definition) is 2. The summed E-state index contributed by atoms with van der Waals surface area (Å²) < 4.78 is 0. The van der Waals surface area contributed by atoms with Crippen molar-refractivity contribution in [1.82, 2.24) is 9.88 Å². The summed E-state index contributed by atoms with van der Waals surface area (Å²) in [5.74, 6) is 0.599. The number of anilines is 1. The zero-order valence-electron chi connectivity index (χ0n) is 11.0. The summed E-state index contributed by atoms with van der Waals surface area (Å²) in [6.07, 6.45) is 3.45. The number of rotatable bonds is 3. The van der Waals surface area contributed by atoms with E-state index in [4.69, 9.17) is 6.57 Å². The second kappa shape index (κ2) is 10.5. The van der Waals surface area contributed by atoms with E-state index in [-0.39, 0.29) is 4.92 Å². The minimum absolute atomic E-state index is 0.278. The van der Waals surface area contributed by atoms with Gasteiger partial charge in [0.15, 0.2) is 0 Å². The monoisotopic (exact) mass is 637 g/mol. The van der Waals surface area contributed by atoms with Crippen molar-refractivity contribution in [3.63, 3.8) is 0 Å². The topological polar surface area (TPSA) is 39.0 Å². The van der Waals surface area contributed by atoms with Crippen LogP contribution in [0.25, 0.3) is 4.85 Å². The van der Waals surface area contributed by atoms with Gasteiger partial charge < -0.3 is 14.8 Å². The maximum atomic E-state index is 7.11. The van der Waals surface area contributed by atoms with Gasteiger partial charge in [0.25, 0.3) is 5.69 Å². The fraction of sp³-hybridized carbons (Fsp3) is 0.400. The standard InChI is InChI=1S/C10H15N5.3HI.V/c1-11-9-8(15(4)5)6-12-10(9)13-7-14(2)3;;;;/h6-7,12H,2-5H3;3*1H;/q;;;;+3/p-3. The molecule has 0 radical (unpaired) electrons. The van der Waals surface area contributed by atoms with Crippen LogP contribution in [-0.2, 0) is 4.92 Å². The molecule has 0 aliphatic rings. The van der Waals surface area contributed by atoms with Crippen LogP contribution in [0, 0.1) is 6.57 Å². The van der Waals surface area contributed by atoms with Crippen LogP contribution in [0.5, 0.6) is 0 Å². The van der Waals surface area contributed by atoms with Crippen molar-refractivity contribution in [2.75, 3.05) is 33.1 Å². The summed E-state index contributed by atoms with van der Waals surface area (Å²) in [6.45, 7) is 7.11. The van der Waals surface area contributed by atoms with E-state index in [1.54, 1.807) is 12.5 Å². The molecule has 0 atom stereocenters. The molecule has 0 saturated heterocycles. The average molecular weight is 637 g/mol. The molecule has 5 nitrogen and oxygen atoms in total. The Morgan fingerprint density at radius 1 is 1.32 bits per heavy atom. The normalized spacial score (nSPS) is 10.1. The van der Waals surface area contributed by atoms with Crippen molar-refractivity contribution in [2.24, 2.45) is 4.99 Å². The third-order valence-corrected chi connectivity index (χ3v) is 1.82. The fourth-order valence-electron chi connectivity index (χ4n) is 1.12. The Morgan fingerprint density at radius 2 is 1.84 bits per heavy atom. The fourth-order valence-corrected chi connectivity index (χ4v) is 1.12. The SMILES string of the molecule is [C-]#[N+]c1c(N(C)C)c[nH]c1N=CN(C)C.[I][V]([I])[I]. The van der Waals surface area contributed by atoms with E-state index in [9.17, 15) is 0 Å². The number of aromatic amines is 1. The molecule has 0 bridgehead atoms. The Balaban J connectivity index is 0.000000711. The van der Waals surface area contributed by atoms with Gasteiger partial charge in [-0.2, -0.15) is 0 Å². The second-order valence-electron chi connectivity index (χ2n) is 3.78. The summed E-state index contributed by atoms with van der Waals surface area (Å²) in [7, 11) is 7.57. The molecular weight excluding hydrogens is 622 g/mol. The molecule has 0 aliphatic heterocycles. The van der Waals surface area contributed by atoms with Crippen LogP contribution in [0.2, 0.25) is 0 Å².